The molecule has 2 aromatic heterocycles. The number of nitrogens with zero attached hydrogens (tertiary/aromatic N) is 5. The molecule has 4 N–H and O–H groups in total. The Morgan fingerprint density at radius 3 is 2.16 bits per heavy atom. The molecular formula is C50H48N7O10S2+. The van der Waals surface area contributed by atoms with Gasteiger partial charge in [-0.1, -0.05) is 108 Å². The Morgan fingerprint density at radius 1 is 0.928 bits per heavy atom. The van der Waals surface area contributed by atoms with Crippen LogP contribution in [0.5, 0.6) is 11.5 Å². The van der Waals surface area contributed by atoms with Crippen molar-refractivity contribution in [2.75, 3.05) is 38.8 Å². The van der Waals surface area contributed by atoms with Crippen LogP contribution in [0.3, 0.4) is 0 Å². The third-order valence-electron chi connectivity index (χ3n) is 12.1. The van der Waals surface area contributed by atoms with Crippen molar-refractivity contribution in [2.45, 2.75) is 42.7 Å². The minimum Gasteiger partial charge on any atom is -0.503 e. The van der Waals surface area contributed by atoms with Crippen LogP contribution in [0.25, 0.3) is 0 Å². The van der Waals surface area contributed by atoms with Crippen molar-refractivity contribution in [1.29, 1.82) is 0 Å². The maximum absolute atomic E-state index is 14.6. The number of thiazole rings is 1. The largest absolute Gasteiger partial charge is 0.503 e. The molecule has 0 bridgehead atoms. The number of carbonyl (C=O) groups excluding carboxylic acids is 3. The molecule has 69 heavy (non-hydrogen) atoms. The van der Waals surface area contributed by atoms with Gasteiger partial charge in [-0.3, -0.25) is 19.3 Å². The molecule has 354 valence electrons. The zero-order chi connectivity index (χ0) is 48.3. The van der Waals surface area contributed by atoms with E-state index in [0.717, 1.165) is 34.5 Å². The highest BCUT2D eigenvalue weighted by Crippen LogP contribution is 2.44. The van der Waals surface area contributed by atoms with Crippen molar-refractivity contribution in [2.24, 2.45) is 5.16 Å². The molecule has 19 heteroatoms. The molecule has 2 fully saturated rings. The number of pyridine rings is 1. The van der Waals surface area contributed by atoms with Gasteiger partial charge in [-0.15, -0.1) is 23.1 Å². The molecule has 0 spiro atoms. The second kappa shape index (κ2) is 19.6. The van der Waals surface area contributed by atoms with Crippen LogP contribution in [-0.2, 0) is 47.5 Å². The number of benzene rings is 4. The SMILES string of the molecule is COc1ccc(COC(=O)C2=C([C@@H]3CC[N+](C)(C)O3)CSC3C(NC(=O)/C(=N\OCc4cc(=O)c(O)cn4O)c4csc(NC(c5ccccc5)(c5ccccc5)c5ccccc5)n4)C(=O)N23)cc1. The van der Waals surface area contributed by atoms with Crippen molar-refractivity contribution < 1.29 is 48.5 Å². The van der Waals surface area contributed by atoms with Crippen molar-refractivity contribution in [3.05, 3.63) is 188 Å². The molecule has 0 radical (unpaired) electrons. The second-order valence-corrected chi connectivity index (χ2v) is 18.9. The predicted octanol–water partition coefficient (Wildman–Crippen LogP) is 5.76. The number of methoxy groups -OCH3 is 1. The van der Waals surface area contributed by atoms with E-state index in [9.17, 15) is 29.5 Å². The predicted molar refractivity (Wildman–Crippen MR) is 257 cm³/mol. The number of β-lactam (4-membered cyclic amide) rings is 1. The smallest absolute Gasteiger partial charge is 0.355 e. The molecule has 6 aromatic rings. The number of fused-ring (bicyclic) bond motifs is 1. The Hall–Kier alpha value is -7.45. The summed E-state index contributed by atoms with van der Waals surface area (Å²) in [5, 5.41) is 32.2. The Morgan fingerprint density at radius 2 is 1.57 bits per heavy atom. The topological polar surface area (TPSA) is 203 Å². The summed E-state index contributed by atoms with van der Waals surface area (Å²) >= 11 is 2.59. The van der Waals surface area contributed by atoms with Gasteiger partial charge < -0.3 is 35.3 Å². The van der Waals surface area contributed by atoms with E-state index in [1.54, 1.807) is 36.8 Å². The number of esters is 1. The molecule has 3 atom stereocenters. The zero-order valence-corrected chi connectivity index (χ0v) is 39.3. The lowest BCUT2D eigenvalue weighted by atomic mass is 9.77. The number of rotatable bonds is 16. The number of ether oxygens (including phenoxy) is 2. The van der Waals surface area contributed by atoms with Crippen molar-refractivity contribution >= 4 is 51.7 Å². The average molecular weight is 971 g/mol. The molecule has 17 nitrogen and oxygen atoms in total. The van der Waals surface area contributed by atoms with Crippen LogP contribution in [0.2, 0.25) is 0 Å². The van der Waals surface area contributed by atoms with Crippen molar-refractivity contribution in [3.63, 3.8) is 0 Å². The van der Waals surface area contributed by atoms with Gasteiger partial charge in [-0.25, -0.2) is 9.78 Å². The summed E-state index contributed by atoms with van der Waals surface area (Å²) in [6.45, 7) is 0.132. The number of hydrogen-bond acceptors (Lipinski definition) is 15. The third-order valence-corrected chi connectivity index (χ3v) is 14.1. The summed E-state index contributed by atoms with van der Waals surface area (Å²) in [5.41, 5.74) is 2.14. The van der Waals surface area contributed by atoms with Crippen LogP contribution in [0.1, 0.15) is 40.1 Å². The number of hydroxylamine groups is 3. The fourth-order valence-electron chi connectivity index (χ4n) is 8.55. The van der Waals surface area contributed by atoms with E-state index < -0.39 is 58.6 Å². The average Bonchev–Trinajstić information content (AvgIpc) is 3.99. The van der Waals surface area contributed by atoms with Gasteiger partial charge in [0.2, 0.25) is 5.43 Å². The first kappa shape index (κ1) is 46.7. The summed E-state index contributed by atoms with van der Waals surface area (Å²) in [4.78, 5) is 73.4. The van der Waals surface area contributed by atoms with Crippen LogP contribution < -0.4 is 20.8 Å². The van der Waals surface area contributed by atoms with E-state index in [1.807, 2.05) is 105 Å². The highest BCUT2D eigenvalue weighted by Gasteiger charge is 2.56. The Bertz CT molecular complexity index is 2890. The fraction of sp³-hybridized carbons (Fsp3) is 0.240. The van der Waals surface area contributed by atoms with E-state index in [-0.39, 0.29) is 34.0 Å². The number of anilines is 1. The summed E-state index contributed by atoms with van der Waals surface area (Å²) < 4.78 is 11.9. The van der Waals surface area contributed by atoms with Crippen LogP contribution in [0, 0.1) is 0 Å². The maximum atomic E-state index is 14.6. The summed E-state index contributed by atoms with van der Waals surface area (Å²) in [6, 6.07) is 36.6. The molecule has 0 aliphatic carbocycles. The molecule has 5 heterocycles. The molecule has 2 unspecified atom stereocenters. The van der Waals surface area contributed by atoms with Crippen LogP contribution in [-0.4, -0.2) is 104 Å². The quantitative estimate of drug-likeness (QED) is 0.0174. The number of aromatic hydroxyl groups is 1. The minimum absolute atomic E-state index is 0.0588. The first-order valence-electron chi connectivity index (χ1n) is 21.9. The number of quaternary nitrogens is 1. The van der Waals surface area contributed by atoms with Gasteiger partial charge in [0, 0.05) is 29.2 Å². The van der Waals surface area contributed by atoms with Gasteiger partial charge in [-0.2, -0.15) is 14.2 Å². The number of aromatic nitrogens is 2. The summed E-state index contributed by atoms with van der Waals surface area (Å²) in [6.07, 6.45) is 0.983. The van der Waals surface area contributed by atoms with Gasteiger partial charge in [0.05, 0.1) is 27.4 Å². The van der Waals surface area contributed by atoms with Gasteiger partial charge in [0.15, 0.2) is 23.2 Å². The molecule has 0 saturated carbocycles. The highest BCUT2D eigenvalue weighted by atomic mass is 32.2. The summed E-state index contributed by atoms with van der Waals surface area (Å²) in [7, 11) is 5.40. The standard InChI is InChI=1S/C50H47N7O10S2/c1-57(2)24-23-41(67-57)37-29-68-47-43(46(61)56(47)44(37)48(62)65-27-31-19-21-36(64-3)22-20-31)52-45(60)42(54-66-28-35-25-39(58)40(59)26-55(35)63)38-30-69-49(51-38)53-50(32-13-7-4-8-14-32,33-15-9-5-10-16-33)34-17-11-6-12-18-34/h4-22,25-26,30,41,43,47,63H,23-24,27-29H2,1-3H3,(H2-,51,52,53,59,60)/p+1/b54-42-/t41-,43?,47?/m0/s1. The lowest BCUT2D eigenvalue weighted by molar-refractivity contribution is -1.06. The second-order valence-electron chi connectivity index (χ2n) is 16.9. The summed E-state index contributed by atoms with van der Waals surface area (Å²) in [5.74, 6) is -1.78. The van der Waals surface area contributed by atoms with Crippen molar-refractivity contribution in [1.82, 2.24) is 19.9 Å². The third kappa shape index (κ3) is 9.53. The monoisotopic (exact) mass is 970 g/mol. The maximum Gasteiger partial charge on any atom is 0.355 e. The molecule has 3 aliphatic rings. The Kier molecular flexibility index (Phi) is 13.3. The van der Waals surface area contributed by atoms with E-state index in [1.165, 1.54) is 28.0 Å². The van der Waals surface area contributed by atoms with Gasteiger partial charge in [0.1, 0.15) is 59.0 Å². The molecule has 9 rings (SSSR count). The van der Waals surface area contributed by atoms with Gasteiger partial charge in [0.25, 0.3) is 11.8 Å². The van der Waals surface area contributed by atoms with Crippen LogP contribution in [0.15, 0.2) is 154 Å². The number of thioether (sulfide) groups is 1. The Balaban J connectivity index is 1.02. The molecule has 3 aliphatic heterocycles. The highest BCUT2D eigenvalue weighted by molar-refractivity contribution is 8.00. The normalized spacial score (nSPS) is 18.8. The van der Waals surface area contributed by atoms with Crippen LogP contribution >= 0.6 is 23.1 Å². The van der Waals surface area contributed by atoms with Gasteiger partial charge >= 0.3 is 5.97 Å². The van der Waals surface area contributed by atoms with E-state index in [4.69, 9.17) is 24.1 Å². The minimum atomic E-state index is -1.10. The first-order chi connectivity index (χ1) is 33.3. The van der Waals surface area contributed by atoms with Crippen LogP contribution in [0.4, 0.5) is 5.13 Å². The van der Waals surface area contributed by atoms with E-state index in [2.05, 4.69) is 15.8 Å². The number of nitrogens with one attached hydrogen (secondary N) is 2. The molecule has 2 saturated heterocycles. The number of carbonyl (C=O) groups is 3. The van der Waals surface area contributed by atoms with E-state index in [0.29, 0.717) is 39.9 Å². The number of amides is 2. The lowest BCUT2D eigenvalue weighted by Gasteiger charge is -2.50. The van der Waals surface area contributed by atoms with Gasteiger partial charge in [-0.05, 0) is 34.4 Å². The first-order valence-corrected chi connectivity index (χ1v) is 23.8. The number of hydrogen-bond donors (Lipinski definition) is 4. The molecule has 2 amide bonds. The lowest BCUT2D eigenvalue weighted by Crippen LogP contribution is -2.71. The Labute approximate surface area is 404 Å². The zero-order valence-electron chi connectivity index (χ0n) is 37.7. The van der Waals surface area contributed by atoms with Crippen molar-refractivity contribution in [3.8, 4) is 11.5 Å². The van der Waals surface area contributed by atoms with E-state index >= 15 is 0 Å². The molecule has 4 aromatic carbocycles. The molecular weight excluding hydrogens is 923 g/mol. The fourth-order valence-corrected chi connectivity index (χ4v) is 10.7. The number of oxime groups is 1.